The van der Waals surface area contributed by atoms with Crippen LogP contribution in [0.5, 0.6) is 0 Å². The largest absolute Gasteiger partial charge is 0.396 e. The van der Waals surface area contributed by atoms with Crippen molar-refractivity contribution in [3.8, 4) is 0 Å². The van der Waals surface area contributed by atoms with Crippen LogP contribution >= 0.6 is 15.9 Å². The molecule has 0 atom stereocenters. The summed E-state index contributed by atoms with van der Waals surface area (Å²) in [5.41, 5.74) is 0.657. The number of rotatable bonds is 5. The molecule has 0 amide bonds. The highest BCUT2D eigenvalue weighted by atomic mass is 79.9. The average Bonchev–Trinajstić information content (AvgIpc) is 2.13. The topological polar surface area (TPSA) is 37.3 Å². The first-order valence-electron chi connectivity index (χ1n) is 4.69. The number of benzene rings is 1. The summed E-state index contributed by atoms with van der Waals surface area (Å²) >= 11 is 3.16. The number of halogens is 2. The molecule has 0 aliphatic rings. The Kier molecular flexibility index (Phi) is 4.91. The monoisotopic (exact) mass is 274 g/mol. The van der Waals surface area contributed by atoms with E-state index in [1.165, 1.54) is 12.1 Å². The molecule has 0 unspecified atom stereocenters. The molecule has 0 spiro atoms. The molecule has 0 aliphatic carbocycles. The molecule has 0 aliphatic heterocycles. The summed E-state index contributed by atoms with van der Waals surface area (Å²) in [5, 5.41) is 8.55. The summed E-state index contributed by atoms with van der Waals surface area (Å²) in [6.45, 7) is 0.0125. The van der Waals surface area contributed by atoms with E-state index in [-0.39, 0.29) is 24.6 Å². The van der Waals surface area contributed by atoms with Crippen molar-refractivity contribution in [2.75, 3.05) is 6.61 Å². The van der Waals surface area contributed by atoms with Crippen molar-refractivity contribution in [2.24, 2.45) is 0 Å². The number of hydrogen-bond acceptors (Lipinski definition) is 2. The summed E-state index contributed by atoms with van der Waals surface area (Å²) < 4.78 is 13.6. The number of aliphatic hydroxyl groups is 1. The Morgan fingerprint density at radius 3 is 2.73 bits per heavy atom. The second kappa shape index (κ2) is 5.98. The Balaban J connectivity index is 2.60. The zero-order valence-corrected chi connectivity index (χ0v) is 9.76. The minimum Gasteiger partial charge on any atom is -0.396 e. The molecule has 0 aromatic heterocycles. The first-order chi connectivity index (χ1) is 7.11. The van der Waals surface area contributed by atoms with Crippen LogP contribution in [0.4, 0.5) is 4.39 Å². The molecule has 1 rings (SSSR count). The van der Waals surface area contributed by atoms with Gasteiger partial charge in [0.25, 0.3) is 0 Å². The van der Waals surface area contributed by atoms with E-state index in [0.29, 0.717) is 22.9 Å². The lowest BCUT2D eigenvalue weighted by atomic mass is 10.1. The molecule has 0 heterocycles. The van der Waals surface area contributed by atoms with E-state index in [1.807, 2.05) is 0 Å². The first-order valence-corrected chi connectivity index (χ1v) is 5.48. The maximum absolute atomic E-state index is 12.9. The highest BCUT2D eigenvalue weighted by molar-refractivity contribution is 9.10. The smallest absolute Gasteiger partial charge is 0.137 e. The van der Waals surface area contributed by atoms with Crippen LogP contribution in [0.25, 0.3) is 0 Å². The first kappa shape index (κ1) is 12.3. The number of carbonyl (C=O) groups is 1. The molecule has 0 saturated heterocycles. The van der Waals surface area contributed by atoms with Gasteiger partial charge < -0.3 is 5.11 Å². The second-order valence-electron chi connectivity index (χ2n) is 3.32. The lowest BCUT2D eigenvalue weighted by Gasteiger charge is -2.02. The van der Waals surface area contributed by atoms with Crippen LogP contribution in [-0.4, -0.2) is 17.5 Å². The van der Waals surface area contributed by atoms with Crippen molar-refractivity contribution in [3.63, 3.8) is 0 Å². The normalized spacial score (nSPS) is 10.3. The Morgan fingerprint density at radius 1 is 1.40 bits per heavy atom. The highest BCUT2D eigenvalue weighted by Gasteiger charge is 2.05. The third-order valence-corrected chi connectivity index (χ3v) is 2.40. The van der Waals surface area contributed by atoms with Gasteiger partial charge in [0.2, 0.25) is 0 Å². The summed E-state index contributed by atoms with van der Waals surface area (Å²) in [4.78, 5) is 11.3. The standard InChI is InChI=1S/C11H12BrFO2/c12-9-4-8(5-10(13)7-9)6-11(15)2-1-3-14/h4-5,7,14H,1-3,6H2. The third-order valence-electron chi connectivity index (χ3n) is 1.94. The van der Waals surface area contributed by atoms with Crippen LogP contribution < -0.4 is 0 Å². The van der Waals surface area contributed by atoms with E-state index in [2.05, 4.69) is 15.9 Å². The van der Waals surface area contributed by atoms with Gasteiger partial charge in [0.1, 0.15) is 11.6 Å². The van der Waals surface area contributed by atoms with E-state index in [1.54, 1.807) is 6.07 Å². The molecule has 0 saturated carbocycles. The molecule has 15 heavy (non-hydrogen) atoms. The molecule has 1 N–H and O–H groups in total. The highest BCUT2D eigenvalue weighted by Crippen LogP contribution is 2.15. The van der Waals surface area contributed by atoms with Gasteiger partial charge in [0.15, 0.2) is 0 Å². The number of Topliss-reactive ketones (excluding diaryl/α,β-unsaturated/α-hetero) is 1. The number of hydrogen-bond donors (Lipinski definition) is 1. The molecule has 1 aromatic carbocycles. The van der Waals surface area contributed by atoms with Gasteiger partial charge in [0, 0.05) is 23.9 Å². The Labute approximate surface area is 96.2 Å². The van der Waals surface area contributed by atoms with Crippen molar-refractivity contribution in [2.45, 2.75) is 19.3 Å². The summed E-state index contributed by atoms with van der Waals surface area (Å²) in [6.07, 6.45) is 1.02. The molecule has 82 valence electrons. The molecule has 0 fully saturated rings. The zero-order chi connectivity index (χ0) is 11.3. The predicted molar refractivity (Wildman–Crippen MR) is 59.1 cm³/mol. The third kappa shape index (κ3) is 4.53. The fraction of sp³-hybridized carbons (Fsp3) is 0.364. The van der Waals surface area contributed by atoms with Crippen molar-refractivity contribution in [3.05, 3.63) is 34.1 Å². The fourth-order valence-electron chi connectivity index (χ4n) is 1.31. The molecular weight excluding hydrogens is 263 g/mol. The maximum Gasteiger partial charge on any atom is 0.137 e. The Bertz CT molecular complexity index is 332. The summed E-state index contributed by atoms with van der Waals surface area (Å²) in [7, 11) is 0. The number of ketones is 1. The van der Waals surface area contributed by atoms with E-state index in [9.17, 15) is 9.18 Å². The van der Waals surface area contributed by atoms with Crippen LogP contribution in [0.3, 0.4) is 0 Å². The minimum absolute atomic E-state index is 0.0125. The second-order valence-corrected chi connectivity index (χ2v) is 4.24. The van der Waals surface area contributed by atoms with Gasteiger partial charge in [0.05, 0.1) is 0 Å². The Morgan fingerprint density at radius 2 is 2.13 bits per heavy atom. The van der Waals surface area contributed by atoms with Gasteiger partial charge in [-0.15, -0.1) is 0 Å². The van der Waals surface area contributed by atoms with Crippen LogP contribution in [0.1, 0.15) is 18.4 Å². The van der Waals surface area contributed by atoms with E-state index < -0.39 is 0 Å². The molecule has 4 heteroatoms. The van der Waals surface area contributed by atoms with Crippen LogP contribution in [0.2, 0.25) is 0 Å². The summed E-state index contributed by atoms with van der Waals surface area (Å²) in [6, 6.07) is 4.42. The average molecular weight is 275 g/mol. The van der Waals surface area contributed by atoms with Gasteiger partial charge in [-0.3, -0.25) is 4.79 Å². The Hall–Kier alpha value is -0.740. The molecule has 2 nitrogen and oxygen atoms in total. The van der Waals surface area contributed by atoms with Crippen molar-refractivity contribution in [1.29, 1.82) is 0 Å². The predicted octanol–water partition coefficient (Wildman–Crippen LogP) is 2.47. The van der Waals surface area contributed by atoms with Crippen LogP contribution in [-0.2, 0) is 11.2 Å². The van der Waals surface area contributed by atoms with Gasteiger partial charge >= 0.3 is 0 Å². The van der Waals surface area contributed by atoms with Crippen molar-refractivity contribution in [1.82, 2.24) is 0 Å². The fourth-order valence-corrected chi connectivity index (χ4v) is 1.82. The number of carbonyl (C=O) groups excluding carboxylic acids is 1. The van der Waals surface area contributed by atoms with Crippen molar-refractivity contribution < 1.29 is 14.3 Å². The quantitative estimate of drug-likeness (QED) is 0.896. The van der Waals surface area contributed by atoms with Crippen LogP contribution in [0.15, 0.2) is 22.7 Å². The van der Waals surface area contributed by atoms with Gasteiger partial charge in [-0.25, -0.2) is 4.39 Å². The molecule has 1 aromatic rings. The van der Waals surface area contributed by atoms with Crippen molar-refractivity contribution >= 4 is 21.7 Å². The zero-order valence-electron chi connectivity index (χ0n) is 8.17. The maximum atomic E-state index is 12.9. The SMILES string of the molecule is O=C(CCCO)Cc1cc(F)cc(Br)c1. The molecule has 0 radical (unpaired) electrons. The summed E-state index contributed by atoms with van der Waals surface area (Å²) in [5.74, 6) is -0.337. The molecular formula is C11H12BrFO2. The molecule has 0 bridgehead atoms. The van der Waals surface area contributed by atoms with Gasteiger partial charge in [-0.1, -0.05) is 15.9 Å². The lowest BCUT2D eigenvalue weighted by molar-refractivity contribution is -0.118. The lowest BCUT2D eigenvalue weighted by Crippen LogP contribution is -2.03. The van der Waals surface area contributed by atoms with E-state index in [0.717, 1.165) is 0 Å². The van der Waals surface area contributed by atoms with E-state index in [4.69, 9.17) is 5.11 Å². The van der Waals surface area contributed by atoms with Crippen LogP contribution in [0, 0.1) is 5.82 Å². The number of aliphatic hydroxyl groups excluding tert-OH is 1. The van der Waals surface area contributed by atoms with Gasteiger partial charge in [-0.2, -0.15) is 0 Å². The minimum atomic E-state index is -0.352. The van der Waals surface area contributed by atoms with Gasteiger partial charge in [-0.05, 0) is 30.2 Å². The van der Waals surface area contributed by atoms with E-state index >= 15 is 0 Å².